The van der Waals surface area contributed by atoms with Gasteiger partial charge in [0.05, 0.1) is 12.8 Å². The molecule has 0 unspecified atom stereocenters. The molecule has 1 saturated heterocycles. The Balaban J connectivity index is 1.86. The molecule has 0 spiro atoms. The predicted octanol–water partition coefficient (Wildman–Crippen LogP) is 2.84. The Bertz CT molecular complexity index is 519. The second kappa shape index (κ2) is 7.64. The van der Waals surface area contributed by atoms with Crippen molar-refractivity contribution in [3.8, 4) is 0 Å². The van der Waals surface area contributed by atoms with Crippen LogP contribution in [0.3, 0.4) is 0 Å². The van der Waals surface area contributed by atoms with E-state index in [0.29, 0.717) is 18.8 Å². The molecule has 0 aliphatic carbocycles. The molecule has 1 aliphatic heterocycles. The minimum atomic E-state index is -0.508. The topological polar surface area (TPSA) is 71.8 Å². The highest BCUT2D eigenvalue weighted by Gasteiger charge is 2.26. The third kappa shape index (κ3) is 5.71. The van der Waals surface area contributed by atoms with Crippen LogP contribution in [0.5, 0.6) is 0 Å². The van der Waals surface area contributed by atoms with Crippen LogP contribution in [0.1, 0.15) is 50.6 Å². The molecule has 0 radical (unpaired) electrons. The number of nitrogens with zero attached hydrogens (tertiary/aromatic N) is 1. The number of piperidine rings is 1. The maximum atomic E-state index is 12.2. The van der Waals surface area contributed by atoms with Crippen molar-refractivity contribution in [2.45, 2.75) is 51.7 Å². The Labute approximate surface area is 137 Å². The highest BCUT2D eigenvalue weighted by molar-refractivity contribution is 5.95. The van der Waals surface area contributed by atoms with Crippen LogP contribution in [-0.2, 0) is 4.74 Å². The molecule has 1 aromatic heterocycles. The molecule has 6 nitrogen and oxygen atoms in total. The maximum absolute atomic E-state index is 12.2. The number of alkyl carbamates (subject to hydrolysis) is 1. The minimum absolute atomic E-state index is 0.0285. The van der Waals surface area contributed by atoms with Crippen molar-refractivity contribution in [1.29, 1.82) is 0 Å². The molecule has 1 amide bonds. The average molecular weight is 322 g/mol. The Kier molecular flexibility index (Phi) is 5.82. The molecule has 1 aromatic rings. The second-order valence-electron chi connectivity index (χ2n) is 6.90. The van der Waals surface area contributed by atoms with Gasteiger partial charge in [-0.05, 0) is 52.3 Å². The predicted molar refractivity (Wildman–Crippen MR) is 86.5 cm³/mol. The van der Waals surface area contributed by atoms with E-state index in [0.717, 1.165) is 25.8 Å². The molecule has 1 N–H and O–H groups in total. The lowest BCUT2D eigenvalue weighted by atomic mass is 10.0. The number of ether oxygens (including phenoxy) is 1. The first kappa shape index (κ1) is 17.5. The van der Waals surface area contributed by atoms with Crippen LogP contribution in [0.4, 0.5) is 4.79 Å². The summed E-state index contributed by atoms with van der Waals surface area (Å²) in [6.07, 6.45) is 4.22. The van der Waals surface area contributed by atoms with E-state index in [1.54, 1.807) is 12.1 Å². The summed E-state index contributed by atoms with van der Waals surface area (Å²) in [6.45, 7) is 7.16. The van der Waals surface area contributed by atoms with Gasteiger partial charge >= 0.3 is 6.09 Å². The molecule has 6 heteroatoms. The molecule has 128 valence electrons. The zero-order valence-electron chi connectivity index (χ0n) is 14.1. The first-order valence-corrected chi connectivity index (χ1v) is 8.13. The van der Waals surface area contributed by atoms with Gasteiger partial charge in [-0.1, -0.05) is 6.42 Å². The van der Waals surface area contributed by atoms with Crippen molar-refractivity contribution in [3.05, 3.63) is 24.2 Å². The summed E-state index contributed by atoms with van der Waals surface area (Å²) < 4.78 is 10.4. The average Bonchev–Trinajstić information content (AvgIpc) is 2.99. The molecule has 1 fully saturated rings. The van der Waals surface area contributed by atoms with Crippen molar-refractivity contribution in [1.82, 2.24) is 10.2 Å². The smallest absolute Gasteiger partial charge is 0.407 e. The van der Waals surface area contributed by atoms with Crippen LogP contribution in [0.15, 0.2) is 22.8 Å². The van der Waals surface area contributed by atoms with E-state index in [1.165, 1.54) is 6.26 Å². The normalized spacial score (nSPS) is 19.3. The lowest BCUT2D eigenvalue weighted by Gasteiger charge is -2.35. The molecule has 2 rings (SSSR count). The number of carbonyl (C=O) groups excluding carboxylic acids is 2. The molecule has 0 saturated carbocycles. The summed E-state index contributed by atoms with van der Waals surface area (Å²) >= 11 is 0. The van der Waals surface area contributed by atoms with Gasteiger partial charge in [0.15, 0.2) is 5.76 Å². The summed E-state index contributed by atoms with van der Waals surface area (Å²) in [7, 11) is 0. The zero-order valence-corrected chi connectivity index (χ0v) is 14.1. The molecule has 2 heterocycles. The van der Waals surface area contributed by atoms with Crippen molar-refractivity contribution in [2.24, 2.45) is 0 Å². The first-order chi connectivity index (χ1) is 10.8. The minimum Gasteiger partial charge on any atom is -0.461 e. The summed E-state index contributed by atoms with van der Waals surface area (Å²) in [4.78, 5) is 26.1. The highest BCUT2D eigenvalue weighted by atomic mass is 16.6. The summed E-state index contributed by atoms with van der Waals surface area (Å²) in [6, 6.07) is 3.54. The molecule has 1 aliphatic rings. The van der Waals surface area contributed by atoms with Gasteiger partial charge in [0.2, 0.25) is 5.78 Å². The fourth-order valence-corrected chi connectivity index (χ4v) is 2.71. The Morgan fingerprint density at radius 2 is 2.17 bits per heavy atom. The van der Waals surface area contributed by atoms with E-state index in [4.69, 9.17) is 9.15 Å². The molecule has 1 atom stereocenters. The van der Waals surface area contributed by atoms with Crippen LogP contribution < -0.4 is 5.32 Å². The fraction of sp³-hybridized carbons (Fsp3) is 0.647. The lowest BCUT2D eigenvalue weighted by molar-refractivity contribution is 0.0494. The molecular weight excluding hydrogens is 296 g/mol. The zero-order chi connectivity index (χ0) is 16.9. The van der Waals surface area contributed by atoms with Crippen molar-refractivity contribution >= 4 is 11.9 Å². The third-order valence-electron chi connectivity index (χ3n) is 3.77. The van der Waals surface area contributed by atoms with Crippen molar-refractivity contribution in [3.63, 3.8) is 0 Å². The number of furan rings is 1. The van der Waals surface area contributed by atoms with Gasteiger partial charge in [-0.15, -0.1) is 0 Å². The first-order valence-electron chi connectivity index (χ1n) is 8.13. The van der Waals surface area contributed by atoms with Gasteiger partial charge in [-0.2, -0.15) is 0 Å². The van der Waals surface area contributed by atoms with Gasteiger partial charge < -0.3 is 14.5 Å². The van der Waals surface area contributed by atoms with Crippen molar-refractivity contribution < 1.29 is 18.7 Å². The number of nitrogens with one attached hydrogen (secondary N) is 1. The maximum Gasteiger partial charge on any atom is 0.407 e. The number of likely N-dealkylation sites (tertiary alicyclic amines) is 1. The molecule has 23 heavy (non-hydrogen) atoms. The van der Waals surface area contributed by atoms with Crippen LogP contribution >= 0.6 is 0 Å². The van der Waals surface area contributed by atoms with E-state index in [-0.39, 0.29) is 11.8 Å². The van der Waals surface area contributed by atoms with E-state index in [2.05, 4.69) is 10.2 Å². The molecular formula is C17H26N2O4. The van der Waals surface area contributed by atoms with E-state index >= 15 is 0 Å². The third-order valence-corrected chi connectivity index (χ3v) is 3.77. The monoisotopic (exact) mass is 322 g/mol. The Morgan fingerprint density at radius 1 is 1.39 bits per heavy atom. The molecule has 0 bridgehead atoms. The number of hydrogen-bond acceptors (Lipinski definition) is 5. The van der Waals surface area contributed by atoms with Gasteiger partial charge in [0.1, 0.15) is 5.60 Å². The second-order valence-corrected chi connectivity index (χ2v) is 6.90. The number of hydrogen-bond donors (Lipinski definition) is 1. The number of rotatable bonds is 5. The van der Waals surface area contributed by atoms with E-state index in [1.807, 2.05) is 20.8 Å². The van der Waals surface area contributed by atoms with Crippen LogP contribution in [0, 0.1) is 0 Å². The number of Topliss-reactive ketones (excluding diaryl/α,β-unsaturated/α-hetero) is 1. The van der Waals surface area contributed by atoms with Gasteiger partial charge in [-0.25, -0.2) is 4.79 Å². The lowest BCUT2D eigenvalue weighted by Crippen LogP contribution is -2.49. The Morgan fingerprint density at radius 3 is 2.83 bits per heavy atom. The van der Waals surface area contributed by atoms with E-state index < -0.39 is 11.7 Å². The number of ketones is 1. The summed E-state index contributed by atoms with van der Waals surface area (Å²) in [5.41, 5.74) is -0.508. The highest BCUT2D eigenvalue weighted by Crippen LogP contribution is 2.17. The Hall–Kier alpha value is -1.82. The van der Waals surface area contributed by atoms with Gasteiger partial charge in [-0.3, -0.25) is 9.69 Å². The summed E-state index contributed by atoms with van der Waals surface area (Å²) in [5.74, 6) is 0.355. The van der Waals surface area contributed by atoms with Crippen molar-refractivity contribution in [2.75, 3.05) is 19.6 Å². The van der Waals surface area contributed by atoms with Crippen LogP contribution in [0.25, 0.3) is 0 Å². The van der Waals surface area contributed by atoms with Gasteiger partial charge in [0, 0.05) is 12.6 Å². The number of carbonyl (C=O) groups is 2. The quantitative estimate of drug-likeness (QED) is 0.844. The standard InChI is InChI=1S/C17H26N2O4/c1-17(2,3)23-16(21)18-11-13-7-4-5-9-19(13)12-14(20)15-8-6-10-22-15/h6,8,10,13H,4-5,7,9,11-12H2,1-3H3,(H,18,21)/t13-/m0/s1. The fourth-order valence-electron chi connectivity index (χ4n) is 2.71. The van der Waals surface area contributed by atoms with E-state index in [9.17, 15) is 9.59 Å². The largest absolute Gasteiger partial charge is 0.461 e. The number of amides is 1. The summed E-state index contributed by atoms with van der Waals surface area (Å²) in [5, 5.41) is 2.81. The SMILES string of the molecule is CC(C)(C)OC(=O)NC[C@@H]1CCCCN1CC(=O)c1ccco1. The molecule has 0 aromatic carbocycles. The van der Waals surface area contributed by atoms with Crippen LogP contribution in [-0.4, -0.2) is 48.1 Å². The van der Waals surface area contributed by atoms with Gasteiger partial charge in [0.25, 0.3) is 0 Å². The van der Waals surface area contributed by atoms with Crippen LogP contribution in [0.2, 0.25) is 0 Å².